The molecule has 2 heterocycles. The fourth-order valence-corrected chi connectivity index (χ4v) is 1.84. The summed E-state index contributed by atoms with van der Waals surface area (Å²) in [5, 5.41) is 9.86. The van der Waals surface area contributed by atoms with Crippen molar-refractivity contribution in [3.63, 3.8) is 0 Å². The predicted molar refractivity (Wildman–Crippen MR) is 72.2 cm³/mol. The second-order valence-corrected chi connectivity index (χ2v) is 4.40. The van der Waals surface area contributed by atoms with Crippen LogP contribution in [0.15, 0.2) is 30.0 Å². The van der Waals surface area contributed by atoms with E-state index in [-0.39, 0.29) is 24.3 Å². The number of hydrogen-bond acceptors (Lipinski definition) is 4. The highest BCUT2D eigenvalue weighted by Crippen LogP contribution is 2.27. The van der Waals surface area contributed by atoms with Gasteiger partial charge in [0, 0.05) is 12.5 Å². The Bertz CT molecular complexity index is 564. The van der Waals surface area contributed by atoms with Crippen LogP contribution in [-0.2, 0) is 14.3 Å². The molecule has 0 saturated carbocycles. The lowest BCUT2D eigenvalue weighted by Gasteiger charge is -2.04. The van der Waals surface area contributed by atoms with E-state index in [9.17, 15) is 9.90 Å². The Hall–Kier alpha value is -2.23. The molecular weight excluding hydrogens is 256 g/mol. The average molecular weight is 270 g/mol. The lowest BCUT2D eigenvalue weighted by atomic mass is 10.1. The maximum Gasteiger partial charge on any atom is 0.306 e. The highest BCUT2D eigenvalue weighted by atomic mass is 16.6. The predicted octanol–water partition coefficient (Wildman–Crippen LogP) is 0.724. The first-order chi connectivity index (χ1) is 9.70. The number of carbonyl (C=O) groups is 1. The molecule has 2 saturated heterocycles. The van der Waals surface area contributed by atoms with Crippen molar-refractivity contribution >= 4 is 5.97 Å². The molecule has 0 bridgehead atoms. The summed E-state index contributed by atoms with van der Waals surface area (Å²) in [7, 11) is 0. The van der Waals surface area contributed by atoms with Crippen molar-refractivity contribution in [1.82, 2.24) is 0 Å². The Labute approximate surface area is 117 Å². The van der Waals surface area contributed by atoms with Gasteiger partial charge in [0.1, 0.15) is 24.4 Å². The molecular formula is C16H14O4. The molecule has 4 atom stereocenters. The molecule has 0 radical (unpaired) electrons. The summed E-state index contributed by atoms with van der Waals surface area (Å²) in [6.45, 7) is 0. The largest absolute Gasteiger partial charge is 0.458 e. The molecule has 0 aromatic rings. The van der Waals surface area contributed by atoms with Crippen LogP contribution in [0.4, 0.5) is 0 Å². The normalized spacial score (nSPS) is 28.6. The van der Waals surface area contributed by atoms with Gasteiger partial charge in [-0.2, -0.15) is 0 Å². The number of esters is 1. The third kappa shape index (κ3) is 4.16. The molecule has 2 aliphatic rings. The Balaban J connectivity index is 1.77. The first kappa shape index (κ1) is 14.2. The topological polar surface area (TPSA) is 59.1 Å². The molecule has 2 rings (SSSR count). The lowest BCUT2D eigenvalue weighted by molar-refractivity contribution is -0.140. The zero-order chi connectivity index (χ0) is 14.4. The summed E-state index contributed by atoms with van der Waals surface area (Å²) in [5.41, 5.74) is 2.82. The molecule has 0 amide bonds. The van der Waals surface area contributed by atoms with Crippen molar-refractivity contribution < 1.29 is 19.4 Å². The quantitative estimate of drug-likeness (QED) is 0.269. The van der Waals surface area contributed by atoms with Gasteiger partial charge in [0.05, 0.1) is 0 Å². The number of aliphatic hydroxyl groups is 1. The minimum Gasteiger partial charge on any atom is -0.458 e. The fraction of sp³-hybridized carbons (Fsp3) is 0.375. The van der Waals surface area contributed by atoms with Gasteiger partial charge in [0.2, 0.25) is 0 Å². The zero-order valence-corrected chi connectivity index (χ0v) is 10.8. The van der Waals surface area contributed by atoms with Gasteiger partial charge in [-0.25, -0.2) is 0 Å². The van der Waals surface area contributed by atoms with E-state index in [1.54, 1.807) is 18.2 Å². The van der Waals surface area contributed by atoms with Gasteiger partial charge in [0.15, 0.2) is 0 Å². The molecule has 1 N–H and O–H groups in total. The second kappa shape index (κ2) is 6.80. The van der Waals surface area contributed by atoms with Gasteiger partial charge in [-0.3, -0.25) is 4.79 Å². The van der Waals surface area contributed by atoms with Crippen LogP contribution in [0, 0.1) is 24.2 Å². The molecule has 2 aliphatic heterocycles. The van der Waals surface area contributed by atoms with E-state index in [1.165, 1.54) is 6.08 Å². The van der Waals surface area contributed by atoms with Gasteiger partial charge in [0.25, 0.3) is 0 Å². The number of aliphatic hydroxyl groups excluding tert-OH is 1. The van der Waals surface area contributed by atoms with E-state index in [1.807, 2.05) is 0 Å². The molecule has 4 nitrogen and oxygen atoms in total. The van der Waals surface area contributed by atoms with E-state index >= 15 is 0 Å². The van der Waals surface area contributed by atoms with Crippen molar-refractivity contribution in [1.29, 1.82) is 0 Å². The third-order valence-electron chi connectivity index (χ3n) is 2.90. The van der Waals surface area contributed by atoms with Crippen molar-refractivity contribution in [3.05, 3.63) is 30.0 Å². The van der Waals surface area contributed by atoms with Crippen LogP contribution in [0.3, 0.4) is 0 Å². The summed E-state index contributed by atoms with van der Waals surface area (Å²) in [5.74, 6) is 7.01. The molecule has 102 valence electrons. The summed E-state index contributed by atoms with van der Waals surface area (Å²) in [4.78, 5) is 10.9. The first-order valence-electron chi connectivity index (χ1n) is 6.29. The highest BCUT2D eigenvalue weighted by Gasteiger charge is 2.41. The van der Waals surface area contributed by atoms with E-state index < -0.39 is 6.10 Å². The summed E-state index contributed by atoms with van der Waals surface area (Å²) in [6, 6.07) is 0. The Morgan fingerprint density at radius 2 is 2.35 bits per heavy atom. The molecule has 20 heavy (non-hydrogen) atoms. The summed E-state index contributed by atoms with van der Waals surface area (Å²) >= 11 is 0. The average Bonchev–Trinajstić information content (AvgIpc) is 3.10. The summed E-state index contributed by atoms with van der Waals surface area (Å²) in [6.07, 6.45) is 11.1. The Morgan fingerprint density at radius 3 is 3.05 bits per heavy atom. The van der Waals surface area contributed by atoms with E-state index in [0.29, 0.717) is 12.8 Å². The van der Waals surface area contributed by atoms with E-state index in [0.717, 1.165) is 0 Å². The maximum atomic E-state index is 10.9. The highest BCUT2D eigenvalue weighted by molar-refractivity contribution is 5.71. The molecule has 2 fully saturated rings. The molecule has 0 spiro atoms. The Morgan fingerprint density at radius 1 is 1.50 bits per heavy atom. The van der Waals surface area contributed by atoms with Crippen LogP contribution < -0.4 is 0 Å². The lowest BCUT2D eigenvalue weighted by Crippen LogP contribution is -2.14. The number of terminal acetylenes is 1. The third-order valence-corrected chi connectivity index (χ3v) is 2.90. The maximum absolute atomic E-state index is 10.9. The smallest absolute Gasteiger partial charge is 0.306 e. The standard InChI is InChI=1S/C16H14O4/c1-2-3-4-5-6-7-14-16(20-14)13(17)10-8-12-9-11-15(18)19-12/h1,5,7-8,10,12-14,16-17H,9,11H2/b10-8+. The summed E-state index contributed by atoms with van der Waals surface area (Å²) < 4.78 is 10.3. The van der Waals surface area contributed by atoms with Crippen LogP contribution in [0.1, 0.15) is 12.8 Å². The SMILES string of the molecule is C#CC#CC=C=CC1OC1C(O)/C=C/C1CCC(=O)O1. The zero-order valence-electron chi connectivity index (χ0n) is 10.8. The van der Waals surface area contributed by atoms with Gasteiger partial charge < -0.3 is 14.6 Å². The van der Waals surface area contributed by atoms with Crippen molar-refractivity contribution in [3.8, 4) is 24.2 Å². The minimum atomic E-state index is -0.728. The number of hydrogen-bond donors (Lipinski definition) is 1. The Kier molecular flexibility index (Phi) is 4.82. The van der Waals surface area contributed by atoms with E-state index in [2.05, 4.69) is 23.5 Å². The van der Waals surface area contributed by atoms with Gasteiger partial charge in [-0.05, 0) is 30.4 Å². The molecule has 4 heteroatoms. The molecule has 0 aliphatic carbocycles. The van der Waals surface area contributed by atoms with Gasteiger partial charge in [-0.15, -0.1) is 12.2 Å². The van der Waals surface area contributed by atoms with Crippen molar-refractivity contribution in [2.45, 2.75) is 37.3 Å². The van der Waals surface area contributed by atoms with Crippen molar-refractivity contribution in [2.24, 2.45) is 0 Å². The van der Waals surface area contributed by atoms with Gasteiger partial charge >= 0.3 is 5.97 Å². The fourth-order valence-electron chi connectivity index (χ4n) is 1.84. The van der Waals surface area contributed by atoms with Crippen LogP contribution in [0.25, 0.3) is 0 Å². The number of epoxide rings is 1. The second-order valence-electron chi connectivity index (χ2n) is 4.40. The molecule has 4 unspecified atom stereocenters. The minimum absolute atomic E-state index is 0.176. The molecule has 0 aromatic heterocycles. The number of carbonyl (C=O) groups excluding carboxylic acids is 1. The van der Waals surface area contributed by atoms with E-state index in [4.69, 9.17) is 15.9 Å². The first-order valence-corrected chi connectivity index (χ1v) is 6.29. The van der Waals surface area contributed by atoms with Crippen LogP contribution in [0.2, 0.25) is 0 Å². The van der Waals surface area contributed by atoms with Gasteiger partial charge in [-0.1, -0.05) is 12.0 Å². The van der Waals surface area contributed by atoms with Crippen molar-refractivity contribution in [2.75, 3.05) is 0 Å². The number of cyclic esters (lactones) is 1. The molecule has 0 aromatic carbocycles. The van der Waals surface area contributed by atoms with Crippen LogP contribution >= 0.6 is 0 Å². The number of rotatable bonds is 4. The number of ether oxygens (including phenoxy) is 2. The monoisotopic (exact) mass is 270 g/mol. The van der Waals surface area contributed by atoms with Crippen LogP contribution in [0.5, 0.6) is 0 Å². The van der Waals surface area contributed by atoms with Crippen LogP contribution in [-0.4, -0.2) is 35.5 Å².